The van der Waals surface area contributed by atoms with Crippen LogP contribution >= 0.6 is 0 Å². The van der Waals surface area contributed by atoms with Crippen LogP contribution < -0.4 is 5.32 Å². The Morgan fingerprint density at radius 2 is 2.20 bits per heavy atom. The third-order valence-electron chi connectivity index (χ3n) is 2.32. The van der Waals surface area contributed by atoms with Crippen molar-refractivity contribution in [1.29, 1.82) is 0 Å². The average molecular weight is 289 g/mol. The van der Waals surface area contributed by atoms with Crippen LogP contribution in [-0.2, 0) is 0 Å². The van der Waals surface area contributed by atoms with Crippen LogP contribution in [-0.4, -0.2) is 47.1 Å². The van der Waals surface area contributed by atoms with Gasteiger partial charge in [-0.2, -0.15) is 0 Å². The van der Waals surface area contributed by atoms with Gasteiger partial charge in [-0.15, -0.1) is 0 Å². The molecule has 7 nitrogen and oxygen atoms in total. The minimum Gasteiger partial charge on any atom is -0.395 e. The Morgan fingerprint density at radius 3 is 2.75 bits per heavy atom. The minimum atomic E-state index is -2.74. The van der Waals surface area contributed by atoms with Crippen LogP contribution in [0.4, 0.5) is 25.0 Å². The molecule has 110 valence electrons. The van der Waals surface area contributed by atoms with Crippen molar-refractivity contribution in [1.82, 2.24) is 4.90 Å². The van der Waals surface area contributed by atoms with E-state index in [1.54, 1.807) is 0 Å². The highest BCUT2D eigenvalue weighted by atomic mass is 19.3. The highest BCUT2D eigenvalue weighted by Gasteiger charge is 2.18. The zero-order valence-electron chi connectivity index (χ0n) is 10.3. The van der Waals surface area contributed by atoms with Gasteiger partial charge < -0.3 is 15.3 Å². The number of nitrogens with zero attached hydrogens (tertiary/aromatic N) is 2. The van der Waals surface area contributed by atoms with Crippen molar-refractivity contribution >= 4 is 17.4 Å². The summed E-state index contributed by atoms with van der Waals surface area (Å²) in [6.45, 7) is -1.55. The summed E-state index contributed by atoms with van der Waals surface area (Å²) >= 11 is 0. The summed E-state index contributed by atoms with van der Waals surface area (Å²) in [6, 6.07) is 4.24. The molecular formula is C11H13F2N3O4. The number of nitrogens with one attached hydrogen (secondary N) is 1. The van der Waals surface area contributed by atoms with Gasteiger partial charge in [0, 0.05) is 24.4 Å². The number of alkyl halides is 2. The first-order chi connectivity index (χ1) is 9.43. The molecule has 0 heterocycles. The molecule has 0 atom stereocenters. The van der Waals surface area contributed by atoms with Gasteiger partial charge in [-0.1, -0.05) is 6.07 Å². The molecule has 9 heteroatoms. The predicted octanol–water partition coefficient (Wildman–Crippen LogP) is 1.69. The Morgan fingerprint density at radius 1 is 1.50 bits per heavy atom. The summed E-state index contributed by atoms with van der Waals surface area (Å²) in [4.78, 5) is 22.4. The fourth-order valence-corrected chi connectivity index (χ4v) is 1.46. The molecule has 1 aromatic rings. The van der Waals surface area contributed by atoms with Crippen LogP contribution in [0.2, 0.25) is 0 Å². The molecule has 0 unspecified atom stereocenters. The molecule has 2 N–H and O–H groups in total. The van der Waals surface area contributed by atoms with Gasteiger partial charge in [0.15, 0.2) is 0 Å². The second-order valence-corrected chi connectivity index (χ2v) is 3.80. The number of amides is 2. The van der Waals surface area contributed by atoms with Crippen molar-refractivity contribution in [3.63, 3.8) is 0 Å². The first-order valence-electron chi connectivity index (χ1n) is 5.63. The third-order valence-corrected chi connectivity index (χ3v) is 2.32. The van der Waals surface area contributed by atoms with E-state index in [1.807, 2.05) is 0 Å². The Labute approximate surface area is 113 Å². The fourth-order valence-electron chi connectivity index (χ4n) is 1.46. The average Bonchev–Trinajstić information content (AvgIpc) is 2.38. The van der Waals surface area contributed by atoms with Crippen molar-refractivity contribution in [2.24, 2.45) is 0 Å². The number of benzene rings is 1. The molecule has 0 saturated heterocycles. The van der Waals surface area contributed by atoms with Crippen LogP contribution in [0.1, 0.15) is 0 Å². The molecule has 0 radical (unpaired) electrons. The van der Waals surface area contributed by atoms with Gasteiger partial charge in [0.2, 0.25) is 0 Å². The van der Waals surface area contributed by atoms with Gasteiger partial charge in [0.25, 0.3) is 12.1 Å². The Balaban J connectivity index is 2.76. The number of aliphatic hydroxyl groups excluding tert-OH is 1. The van der Waals surface area contributed by atoms with Gasteiger partial charge >= 0.3 is 6.03 Å². The van der Waals surface area contributed by atoms with Crippen molar-refractivity contribution in [2.75, 3.05) is 25.0 Å². The molecule has 1 aromatic carbocycles. The van der Waals surface area contributed by atoms with Gasteiger partial charge in [0.1, 0.15) is 0 Å². The maximum Gasteiger partial charge on any atom is 0.322 e. The van der Waals surface area contributed by atoms with E-state index in [1.165, 1.54) is 18.2 Å². The second kappa shape index (κ2) is 7.34. The summed E-state index contributed by atoms with van der Waals surface area (Å²) in [5, 5.41) is 21.6. The summed E-state index contributed by atoms with van der Waals surface area (Å²) in [5.41, 5.74) is -0.119. The standard InChI is InChI=1S/C11H13F2N3O4/c12-10(13)7-15(4-5-17)11(18)14-8-2-1-3-9(6-8)16(19)20/h1-3,6,10,17H,4-5,7H2,(H,14,18). The summed E-state index contributed by atoms with van der Waals surface area (Å²) < 4.78 is 24.6. The van der Waals surface area contributed by atoms with Gasteiger partial charge in [0.05, 0.1) is 18.1 Å². The number of rotatable bonds is 6. The highest BCUT2D eigenvalue weighted by molar-refractivity contribution is 5.89. The third kappa shape index (κ3) is 4.76. The molecule has 0 aliphatic rings. The molecule has 2 amide bonds. The molecule has 0 aliphatic carbocycles. The molecule has 0 bridgehead atoms. The van der Waals surface area contributed by atoms with E-state index in [-0.39, 0.29) is 17.9 Å². The number of carbonyl (C=O) groups is 1. The van der Waals surface area contributed by atoms with Crippen molar-refractivity contribution in [2.45, 2.75) is 6.43 Å². The van der Waals surface area contributed by atoms with Crippen LogP contribution in [0.3, 0.4) is 0 Å². The number of non-ortho nitro benzene ring substituents is 1. The van der Waals surface area contributed by atoms with Crippen LogP contribution in [0.25, 0.3) is 0 Å². The van der Waals surface area contributed by atoms with E-state index in [9.17, 15) is 23.7 Å². The van der Waals surface area contributed by atoms with E-state index in [2.05, 4.69) is 5.32 Å². The number of nitro benzene ring substituents is 1. The van der Waals surface area contributed by atoms with Gasteiger partial charge in [-0.05, 0) is 6.07 Å². The number of nitro groups is 1. The van der Waals surface area contributed by atoms with Crippen LogP contribution in [0.5, 0.6) is 0 Å². The van der Waals surface area contributed by atoms with E-state index in [0.29, 0.717) is 0 Å². The number of halogens is 2. The summed E-state index contributed by atoms with van der Waals surface area (Å²) in [7, 11) is 0. The number of aliphatic hydroxyl groups is 1. The Kier molecular flexibility index (Phi) is 5.78. The lowest BCUT2D eigenvalue weighted by Crippen LogP contribution is -2.40. The van der Waals surface area contributed by atoms with Gasteiger partial charge in [-0.25, -0.2) is 13.6 Å². The van der Waals surface area contributed by atoms with Crippen LogP contribution in [0.15, 0.2) is 24.3 Å². The SMILES string of the molecule is O=C(Nc1cccc([N+](=O)[O-])c1)N(CCO)CC(F)F. The first kappa shape index (κ1) is 15.8. The zero-order chi connectivity index (χ0) is 15.1. The van der Waals surface area contributed by atoms with E-state index < -0.39 is 30.5 Å². The quantitative estimate of drug-likeness (QED) is 0.615. The monoisotopic (exact) mass is 289 g/mol. The fraction of sp³-hybridized carbons (Fsp3) is 0.364. The number of urea groups is 1. The lowest BCUT2D eigenvalue weighted by molar-refractivity contribution is -0.384. The predicted molar refractivity (Wildman–Crippen MR) is 66.8 cm³/mol. The van der Waals surface area contributed by atoms with E-state index in [4.69, 9.17) is 5.11 Å². The molecule has 1 rings (SSSR count). The summed E-state index contributed by atoms with van der Waals surface area (Å²) in [5.74, 6) is 0. The normalized spacial score (nSPS) is 10.4. The Bertz CT molecular complexity index is 484. The molecule has 0 fully saturated rings. The number of anilines is 1. The van der Waals surface area contributed by atoms with Crippen molar-refractivity contribution in [3.8, 4) is 0 Å². The lowest BCUT2D eigenvalue weighted by atomic mass is 10.3. The van der Waals surface area contributed by atoms with Crippen molar-refractivity contribution in [3.05, 3.63) is 34.4 Å². The first-order valence-corrected chi connectivity index (χ1v) is 5.63. The van der Waals surface area contributed by atoms with E-state index >= 15 is 0 Å². The van der Waals surface area contributed by atoms with E-state index in [0.717, 1.165) is 11.0 Å². The summed E-state index contributed by atoms with van der Waals surface area (Å²) in [6.07, 6.45) is -2.74. The lowest BCUT2D eigenvalue weighted by Gasteiger charge is -2.21. The molecular weight excluding hydrogens is 276 g/mol. The largest absolute Gasteiger partial charge is 0.395 e. The number of carbonyl (C=O) groups excluding carboxylic acids is 1. The molecule has 0 aliphatic heterocycles. The topological polar surface area (TPSA) is 95.7 Å². The van der Waals surface area contributed by atoms with Crippen LogP contribution in [0, 0.1) is 10.1 Å². The highest BCUT2D eigenvalue weighted by Crippen LogP contribution is 2.17. The maximum atomic E-state index is 12.3. The van der Waals surface area contributed by atoms with Crippen molar-refractivity contribution < 1.29 is 23.6 Å². The number of hydrogen-bond acceptors (Lipinski definition) is 4. The smallest absolute Gasteiger partial charge is 0.322 e. The zero-order valence-corrected chi connectivity index (χ0v) is 10.3. The molecule has 0 aromatic heterocycles. The molecule has 0 saturated carbocycles. The Hall–Kier alpha value is -2.29. The second-order valence-electron chi connectivity index (χ2n) is 3.80. The maximum absolute atomic E-state index is 12.3. The number of hydrogen-bond donors (Lipinski definition) is 2. The molecule has 0 spiro atoms. The molecule has 20 heavy (non-hydrogen) atoms. The van der Waals surface area contributed by atoms with Gasteiger partial charge in [-0.3, -0.25) is 10.1 Å². The minimum absolute atomic E-state index is 0.112.